The molecule has 1 atom stereocenters. The molecule has 0 aliphatic carbocycles. The highest BCUT2D eigenvalue weighted by atomic mass is 32.2. The number of carbonyl (C=O) groups is 1. The number of aromatic nitrogens is 1. The van der Waals surface area contributed by atoms with Gasteiger partial charge in [0, 0.05) is 11.7 Å². The molecule has 2 heterocycles. The molecule has 116 valence electrons. The number of aromatic carboxylic acids is 1. The molecule has 8 nitrogen and oxygen atoms in total. The molecule has 10 heteroatoms. The van der Waals surface area contributed by atoms with E-state index in [1.807, 2.05) is 0 Å². The summed E-state index contributed by atoms with van der Waals surface area (Å²) >= 11 is 0. The van der Waals surface area contributed by atoms with Crippen molar-refractivity contribution in [3.05, 3.63) is 23.9 Å². The number of nitrogens with one attached hydrogen (secondary N) is 1. The van der Waals surface area contributed by atoms with E-state index in [4.69, 9.17) is 5.11 Å². The zero-order valence-electron chi connectivity index (χ0n) is 11.1. The Kier molecular flexibility index (Phi) is 3.80. The number of hydrogen-bond donors (Lipinski definition) is 2. The van der Waals surface area contributed by atoms with Crippen molar-refractivity contribution in [2.24, 2.45) is 0 Å². The van der Waals surface area contributed by atoms with Crippen LogP contribution >= 0.6 is 0 Å². The van der Waals surface area contributed by atoms with E-state index in [1.54, 1.807) is 0 Å². The number of carboxylic acid groups (broad SMARTS) is 1. The van der Waals surface area contributed by atoms with E-state index in [0.29, 0.717) is 0 Å². The lowest BCUT2D eigenvalue weighted by molar-refractivity contribution is 0.0696. The lowest BCUT2D eigenvalue weighted by Gasteiger charge is -2.23. The first-order valence-electron chi connectivity index (χ1n) is 5.97. The molecule has 1 aliphatic rings. The summed E-state index contributed by atoms with van der Waals surface area (Å²) in [6, 6.07) is 2.19. The SMILES string of the molecule is CC1(NS(=O)(=O)c2ccc(C(=O)O)cn2)CCS(=O)(=O)C1. The van der Waals surface area contributed by atoms with Crippen LogP contribution in [-0.4, -0.2) is 49.9 Å². The summed E-state index contributed by atoms with van der Waals surface area (Å²) in [7, 11) is -7.26. The maximum absolute atomic E-state index is 12.2. The standard InChI is InChI=1S/C11H14N2O6S2/c1-11(4-5-20(16,17)7-11)13-21(18,19)9-3-2-8(6-12-9)10(14)15/h2-3,6,13H,4-5,7H2,1H3,(H,14,15). The number of carboxylic acids is 1. The molecule has 0 spiro atoms. The minimum Gasteiger partial charge on any atom is -0.478 e. The minimum absolute atomic E-state index is 0.0720. The van der Waals surface area contributed by atoms with Crippen LogP contribution in [0.15, 0.2) is 23.4 Å². The highest BCUT2D eigenvalue weighted by molar-refractivity contribution is 7.92. The van der Waals surface area contributed by atoms with Crippen LogP contribution in [0.1, 0.15) is 23.7 Å². The minimum atomic E-state index is -4.01. The molecule has 0 bridgehead atoms. The van der Waals surface area contributed by atoms with Gasteiger partial charge in [-0.05, 0) is 25.5 Å². The third kappa shape index (κ3) is 3.57. The number of sulfonamides is 1. The molecule has 0 aromatic carbocycles. The van der Waals surface area contributed by atoms with Gasteiger partial charge in [-0.3, -0.25) is 0 Å². The third-order valence-corrected chi connectivity index (χ3v) is 6.60. The highest BCUT2D eigenvalue weighted by Crippen LogP contribution is 2.24. The first-order valence-corrected chi connectivity index (χ1v) is 9.27. The number of rotatable bonds is 4. The summed E-state index contributed by atoms with van der Waals surface area (Å²) in [6.45, 7) is 1.51. The molecule has 2 rings (SSSR count). The number of hydrogen-bond acceptors (Lipinski definition) is 6. The molecule has 0 saturated carbocycles. The van der Waals surface area contributed by atoms with Crippen molar-refractivity contribution in [2.45, 2.75) is 23.9 Å². The average Bonchev–Trinajstić information content (AvgIpc) is 2.62. The quantitative estimate of drug-likeness (QED) is 0.768. The van der Waals surface area contributed by atoms with E-state index in [1.165, 1.54) is 6.92 Å². The zero-order chi connectivity index (χ0) is 15.9. The lowest BCUT2D eigenvalue weighted by atomic mass is 10.0. The van der Waals surface area contributed by atoms with Crippen molar-refractivity contribution in [3.8, 4) is 0 Å². The molecular weight excluding hydrogens is 320 g/mol. The molecule has 1 aliphatic heterocycles. The van der Waals surface area contributed by atoms with E-state index < -0.39 is 31.4 Å². The molecule has 1 aromatic heterocycles. The van der Waals surface area contributed by atoms with Gasteiger partial charge in [-0.15, -0.1) is 0 Å². The first kappa shape index (κ1) is 15.9. The summed E-state index contributed by atoms with van der Waals surface area (Å²) in [6.07, 6.45) is 1.12. The summed E-state index contributed by atoms with van der Waals surface area (Å²) < 4.78 is 49.6. The van der Waals surface area contributed by atoms with Crippen LogP contribution in [0.4, 0.5) is 0 Å². The maximum Gasteiger partial charge on any atom is 0.337 e. The second-order valence-electron chi connectivity index (χ2n) is 5.20. The molecular formula is C11H14N2O6S2. The van der Waals surface area contributed by atoms with Crippen molar-refractivity contribution in [1.29, 1.82) is 0 Å². The zero-order valence-corrected chi connectivity index (χ0v) is 12.7. The van der Waals surface area contributed by atoms with Crippen molar-refractivity contribution < 1.29 is 26.7 Å². The van der Waals surface area contributed by atoms with Gasteiger partial charge in [0.25, 0.3) is 10.0 Å². The van der Waals surface area contributed by atoms with Crippen molar-refractivity contribution in [1.82, 2.24) is 9.71 Å². The fourth-order valence-electron chi connectivity index (χ4n) is 2.13. The fourth-order valence-corrected chi connectivity index (χ4v) is 5.68. The van der Waals surface area contributed by atoms with Crippen LogP contribution < -0.4 is 4.72 Å². The smallest absolute Gasteiger partial charge is 0.337 e. The van der Waals surface area contributed by atoms with Gasteiger partial charge in [-0.2, -0.15) is 0 Å². The van der Waals surface area contributed by atoms with Crippen LogP contribution in [0.2, 0.25) is 0 Å². The second kappa shape index (κ2) is 5.04. The van der Waals surface area contributed by atoms with E-state index in [-0.39, 0.29) is 28.5 Å². The first-order chi connectivity index (χ1) is 9.53. The van der Waals surface area contributed by atoms with Crippen LogP contribution in [-0.2, 0) is 19.9 Å². The monoisotopic (exact) mass is 334 g/mol. The highest BCUT2D eigenvalue weighted by Gasteiger charge is 2.41. The summed E-state index contributed by atoms with van der Waals surface area (Å²) in [5, 5.41) is 8.39. The summed E-state index contributed by atoms with van der Waals surface area (Å²) in [4.78, 5) is 14.3. The average molecular weight is 334 g/mol. The Morgan fingerprint density at radius 1 is 1.43 bits per heavy atom. The molecule has 0 radical (unpaired) electrons. The Morgan fingerprint density at radius 2 is 2.10 bits per heavy atom. The Morgan fingerprint density at radius 3 is 2.52 bits per heavy atom. The molecule has 0 amide bonds. The van der Waals surface area contributed by atoms with Gasteiger partial charge < -0.3 is 5.11 Å². The van der Waals surface area contributed by atoms with Crippen LogP contribution in [0, 0.1) is 0 Å². The predicted molar refractivity (Wildman–Crippen MR) is 73.2 cm³/mol. The van der Waals surface area contributed by atoms with Gasteiger partial charge in [0.05, 0.1) is 17.1 Å². The number of pyridine rings is 1. The van der Waals surface area contributed by atoms with Gasteiger partial charge in [-0.25, -0.2) is 31.3 Å². The third-order valence-electron chi connectivity index (χ3n) is 3.14. The molecule has 1 saturated heterocycles. The topological polar surface area (TPSA) is 130 Å². The Bertz CT molecular complexity index is 769. The summed E-state index contributed by atoms with van der Waals surface area (Å²) in [5.41, 5.74) is -1.21. The van der Waals surface area contributed by atoms with Crippen molar-refractivity contribution >= 4 is 25.8 Å². The van der Waals surface area contributed by atoms with Crippen LogP contribution in [0.25, 0.3) is 0 Å². The number of sulfone groups is 1. The van der Waals surface area contributed by atoms with Gasteiger partial charge in [-0.1, -0.05) is 0 Å². The van der Waals surface area contributed by atoms with Gasteiger partial charge >= 0.3 is 5.97 Å². The van der Waals surface area contributed by atoms with Crippen LogP contribution in [0.3, 0.4) is 0 Å². The van der Waals surface area contributed by atoms with Crippen LogP contribution in [0.5, 0.6) is 0 Å². The van der Waals surface area contributed by atoms with E-state index >= 15 is 0 Å². The van der Waals surface area contributed by atoms with Crippen molar-refractivity contribution in [2.75, 3.05) is 11.5 Å². The van der Waals surface area contributed by atoms with Gasteiger partial charge in [0.15, 0.2) is 14.9 Å². The number of nitrogens with zero attached hydrogens (tertiary/aromatic N) is 1. The lowest BCUT2D eigenvalue weighted by Crippen LogP contribution is -2.46. The molecule has 1 aromatic rings. The fraction of sp³-hybridized carbons (Fsp3) is 0.455. The predicted octanol–water partition coefficient (Wildman–Crippen LogP) is -0.365. The molecule has 1 unspecified atom stereocenters. The Hall–Kier alpha value is -1.52. The molecule has 21 heavy (non-hydrogen) atoms. The normalized spacial score (nSPS) is 24.8. The largest absolute Gasteiger partial charge is 0.478 e. The maximum atomic E-state index is 12.2. The molecule has 2 N–H and O–H groups in total. The Balaban J connectivity index is 2.25. The van der Waals surface area contributed by atoms with E-state index in [2.05, 4.69) is 9.71 Å². The Labute approximate surface area is 122 Å². The second-order valence-corrected chi connectivity index (χ2v) is 9.01. The van der Waals surface area contributed by atoms with Gasteiger partial charge in [0.1, 0.15) is 0 Å². The molecule has 1 fully saturated rings. The summed E-state index contributed by atoms with van der Waals surface area (Å²) in [5.74, 6) is -1.56. The van der Waals surface area contributed by atoms with Gasteiger partial charge in [0.2, 0.25) is 0 Å². The van der Waals surface area contributed by atoms with Crippen molar-refractivity contribution in [3.63, 3.8) is 0 Å². The van der Waals surface area contributed by atoms with E-state index in [0.717, 1.165) is 18.3 Å². The van der Waals surface area contributed by atoms with E-state index in [9.17, 15) is 21.6 Å².